The maximum absolute atomic E-state index is 13.9. The molecule has 0 saturated heterocycles. The minimum atomic E-state index is -0.592. The number of methoxy groups -OCH3 is 1. The first-order valence-electron chi connectivity index (χ1n) is 8.70. The van der Waals surface area contributed by atoms with Crippen molar-refractivity contribution in [2.24, 2.45) is 0 Å². The molecule has 5 nitrogen and oxygen atoms in total. The van der Waals surface area contributed by atoms with Crippen LogP contribution in [0.25, 0.3) is 10.6 Å². The Morgan fingerprint density at radius 3 is 2.64 bits per heavy atom. The molecule has 0 aliphatic heterocycles. The Morgan fingerprint density at radius 2 is 1.96 bits per heavy atom. The number of carbonyl (C=O) groups is 1. The molecule has 0 amide bonds. The van der Waals surface area contributed by atoms with Crippen molar-refractivity contribution in [3.63, 3.8) is 0 Å². The molecule has 0 N–H and O–H groups in total. The fraction of sp³-hybridized carbons (Fsp3) is 0.238. The van der Waals surface area contributed by atoms with Gasteiger partial charge in [0, 0.05) is 17.0 Å². The molecule has 146 valence electrons. The summed E-state index contributed by atoms with van der Waals surface area (Å²) in [4.78, 5) is 15.9. The molecule has 3 rings (SSSR count). The number of hydrogen-bond acceptors (Lipinski definition) is 6. The van der Waals surface area contributed by atoms with Crippen molar-refractivity contribution in [2.75, 3.05) is 13.7 Å². The predicted octanol–water partition coefficient (Wildman–Crippen LogP) is 5.14. The molecular weight excluding hydrogens is 381 g/mol. The molecule has 7 heteroatoms. The van der Waals surface area contributed by atoms with E-state index in [0.717, 1.165) is 16.3 Å². The van der Waals surface area contributed by atoms with Crippen LogP contribution >= 0.6 is 11.3 Å². The average molecular weight is 401 g/mol. The van der Waals surface area contributed by atoms with Gasteiger partial charge in [-0.3, -0.25) is 4.79 Å². The number of carbonyl (C=O) groups excluding carboxylic acids is 1. The van der Waals surface area contributed by atoms with Gasteiger partial charge in [-0.2, -0.15) is 0 Å². The zero-order valence-electron chi connectivity index (χ0n) is 15.8. The van der Waals surface area contributed by atoms with E-state index in [0.29, 0.717) is 23.9 Å². The van der Waals surface area contributed by atoms with Gasteiger partial charge in [-0.05, 0) is 44.2 Å². The van der Waals surface area contributed by atoms with Gasteiger partial charge in [0.2, 0.25) is 0 Å². The summed E-state index contributed by atoms with van der Waals surface area (Å²) in [6, 6.07) is 9.86. The van der Waals surface area contributed by atoms with E-state index in [9.17, 15) is 9.18 Å². The summed E-state index contributed by atoms with van der Waals surface area (Å²) in [6.45, 7) is 4.00. The van der Waals surface area contributed by atoms with Crippen LogP contribution < -0.4 is 14.2 Å². The SMILES string of the molecule is CCOc1ccc(-c2nc(COc3ccc(C(C)=O)c(F)c3)cs2)cc1OC. The van der Waals surface area contributed by atoms with Gasteiger partial charge < -0.3 is 14.2 Å². The highest BCUT2D eigenvalue weighted by molar-refractivity contribution is 7.13. The molecule has 1 aromatic heterocycles. The number of aromatic nitrogens is 1. The van der Waals surface area contributed by atoms with Crippen LogP contribution in [-0.2, 0) is 6.61 Å². The molecule has 1 heterocycles. The van der Waals surface area contributed by atoms with E-state index in [-0.39, 0.29) is 18.0 Å². The summed E-state index contributed by atoms with van der Waals surface area (Å²) in [5, 5.41) is 2.71. The molecule has 0 unspecified atom stereocenters. The first-order chi connectivity index (χ1) is 13.5. The fourth-order valence-electron chi connectivity index (χ4n) is 2.61. The van der Waals surface area contributed by atoms with Gasteiger partial charge >= 0.3 is 0 Å². The number of ketones is 1. The molecule has 3 aromatic rings. The van der Waals surface area contributed by atoms with Crippen LogP contribution in [0.1, 0.15) is 29.9 Å². The lowest BCUT2D eigenvalue weighted by Crippen LogP contribution is -2.00. The maximum Gasteiger partial charge on any atom is 0.162 e. The zero-order valence-corrected chi connectivity index (χ0v) is 16.6. The zero-order chi connectivity index (χ0) is 20.1. The molecule has 0 spiro atoms. The fourth-order valence-corrected chi connectivity index (χ4v) is 3.41. The topological polar surface area (TPSA) is 57.7 Å². The highest BCUT2D eigenvalue weighted by Crippen LogP contribution is 2.34. The van der Waals surface area contributed by atoms with E-state index in [2.05, 4.69) is 4.98 Å². The monoisotopic (exact) mass is 401 g/mol. The lowest BCUT2D eigenvalue weighted by atomic mass is 10.1. The van der Waals surface area contributed by atoms with Gasteiger partial charge in [-0.1, -0.05) is 0 Å². The average Bonchev–Trinajstić information content (AvgIpc) is 3.15. The van der Waals surface area contributed by atoms with Gasteiger partial charge in [-0.15, -0.1) is 11.3 Å². The number of rotatable bonds is 8. The van der Waals surface area contributed by atoms with Gasteiger partial charge in [0.25, 0.3) is 0 Å². The van der Waals surface area contributed by atoms with Gasteiger partial charge in [-0.25, -0.2) is 9.37 Å². The van der Waals surface area contributed by atoms with E-state index < -0.39 is 5.82 Å². The molecule has 0 aliphatic rings. The van der Waals surface area contributed by atoms with Crippen LogP contribution in [0.5, 0.6) is 17.2 Å². The Bertz CT molecular complexity index is 986. The van der Waals surface area contributed by atoms with Crippen LogP contribution in [0.3, 0.4) is 0 Å². The summed E-state index contributed by atoms with van der Waals surface area (Å²) < 4.78 is 30.4. The molecule has 0 saturated carbocycles. The quantitative estimate of drug-likeness (QED) is 0.489. The van der Waals surface area contributed by atoms with Crippen molar-refractivity contribution in [2.45, 2.75) is 20.5 Å². The second-order valence-electron chi connectivity index (χ2n) is 5.93. The smallest absolute Gasteiger partial charge is 0.162 e. The summed E-state index contributed by atoms with van der Waals surface area (Å²) in [5.41, 5.74) is 1.69. The van der Waals surface area contributed by atoms with Gasteiger partial charge in [0.1, 0.15) is 23.2 Å². The third-order valence-corrected chi connectivity index (χ3v) is 4.91. The van der Waals surface area contributed by atoms with Crippen LogP contribution in [0.4, 0.5) is 4.39 Å². The minimum absolute atomic E-state index is 0.0488. The minimum Gasteiger partial charge on any atom is -0.493 e. The van der Waals surface area contributed by atoms with E-state index in [1.807, 2.05) is 30.5 Å². The van der Waals surface area contributed by atoms with Crippen molar-refractivity contribution in [3.05, 3.63) is 58.9 Å². The number of nitrogens with zero attached hydrogens (tertiary/aromatic N) is 1. The number of thiazole rings is 1. The van der Waals surface area contributed by atoms with Crippen molar-refractivity contribution in [3.8, 4) is 27.8 Å². The third-order valence-electron chi connectivity index (χ3n) is 3.97. The van der Waals surface area contributed by atoms with Crippen LogP contribution in [-0.4, -0.2) is 24.5 Å². The summed E-state index contributed by atoms with van der Waals surface area (Å²) >= 11 is 1.48. The molecule has 0 aliphatic carbocycles. The molecular formula is C21H20FNO4S. The Morgan fingerprint density at radius 1 is 1.14 bits per heavy atom. The maximum atomic E-state index is 13.9. The van der Waals surface area contributed by atoms with E-state index >= 15 is 0 Å². The highest BCUT2D eigenvalue weighted by atomic mass is 32.1. The highest BCUT2D eigenvalue weighted by Gasteiger charge is 2.12. The number of Topliss-reactive ketones (excluding diaryl/α,β-unsaturated/α-hetero) is 1. The van der Waals surface area contributed by atoms with Crippen molar-refractivity contribution in [1.29, 1.82) is 0 Å². The van der Waals surface area contributed by atoms with Crippen molar-refractivity contribution >= 4 is 17.1 Å². The standard InChI is InChI=1S/C21H20FNO4S/c1-4-26-19-8-5-14(9-20(19)25-3)21-23-15(12-28-21)11-27-16-6-7-17(13(2)24)18(22)10-16/h5-10,12H,4,11H2,1-3H3. The lowest BCUT2D eigenvalue weighted by Gasteiger charge is -2.10. The largest absolute Gasteiger partial charge is 0.493 e. The first kappa shape index (κ1) is 19.8. The van der Waals surface area contributed by atoms with Gasteiger partial charge in [0.05, 0.1) is 25.0 Å². The molecule has 28 heavy (non-hydrogen) atoms. The molecule has 2 aromatic carbocycles. The predicted molar refractivity (Wildman–Crippen MR) is 106 cm³/mol. The van der Waals surface area contributed by atoms with Crippen LogP contribution in [0.15, 0.2) is 41.8 Å². The van der Waals surface area contributed by atoms with Crippen molar-refractivity contribution < 1.29 is 23.4 Å². The summed E-state index contributed by atoms with van der Waals surface area (Å²) in [5.74, 6) is 0.766. The number of hydrogen-bond donors (Lipinski definition) is 0. The second kappa shape index (κ2) is 8.84. The molecule has 0 bridgehead atoms. The number of halogens is 1. The van der Waals surface area contributed by atoms with Gasteiger partial charge in [0.15, 0.2) is 17.3 Å². The molecule has 0 atom stereocenters. The van der Waals surface area contributed by atoms with Crippen LogP contribution in [0.2, 0.25) is 0 Å². The van der Waals surface area contributed by atoms with E-state index in [4.69, 9.17) is 14.2 Å². The van der Waals surface area contributed by atoms with Crippen LogP contribution in [0, 0.1) is 5.82 Å². The normalized spacial score (nSPS) is 10.6. The Labute approximate surface area is 166 Å². The summed E-state index contributed by atoms with van der Waals surface area (Å²) in [6.07, 6.45) is 0. The number of ether oxygens (including phenoxy) is 3. The third kappa shape index (κ3) is 4.48. The summed E-state index contributed by atoms with van der Waals surface area (Å²) in [7, 11) is 1.60. The Balaban J connectivity index is 1.71. The van der Waals surface area contributed by atoms with Crippen molar-refractivity contribution in [1.82, 2.24) is 4.98 Å². The Hall–Kier alpha value is -2.93. The Kier molecular flexibility index (Phi) is 6.26. The second-order valence-corrected chi connectivity index (χ2v) is 6.79. The lowest BCUT2D eigenvalue weighted by molar-refractivity contribution is 0.101. The van der Waals surface area contributed by atoms with E-state index in [1.165, 1.54) is 30.4 Å². The molecule has 0 radical (unpaired) electrons. The first-order valence-corrected chi connectivity index (χ1v) is 9.58. The molecule has 0 fully saturated rings. The van der Waals surface area contributed by atoms with E-state index in [1.54, 1.807) is 13.2 Å². The number of benzene rings is 2.